The van der Waals surface area contributed by atoms with Crippen LogP contribution < -0.4 is 4.72 Å². The Morgan fingerprint density at radius 3 is 2.53 bits per heavy atom. The Balaban J connectivity index is 2.19. The van der Waals surface area contributed by atoms with Crippen LogP contribution in [0.25, 0.3) is 0 Å². The smallest absolute Gasteiger partial charge is 0.244 e. The normalized spacial score (nSPS) is 18.5. The lowest BCUT2D eigenvalue weighted by atomic mass is 10.2. The van der Waals surface area contributed by atoms with Crippen molar-refractivity contribution in [2.24, 2.45) is 0 Å². The molecular formula is C10H17N3O2S2. The maximum absolute atomic E-state index is 12.2. The molecule has 1 aliphatic rings. The molecule has 2 heterocycles. The van der Waals surface area contributed by atoms with Crippen LogP contribution in [0.3, 0.4) is 0 Å². The summed E-state index contributed by atoms with van der Waals surface area (Å²) >= 11 is 1.88. The van der Waals surface area contributed by atoms with Crippen molar-refractivity contribution in [3.05, 3.63) is 11.4 Å². The van der Waals surface area contributed by atoms with E-state index in [1.165, 1.54) is 0 Å². The molecule has 0 spiro atoms. The Morgan fingerprint density at radius 1 is 1.35 bits per heavy atom. The number of hydrogen-bond donors (Lipinski definition) is 2. The first-order chi connectivity index (χ1) is 8.00. The maximum atomic E-state index is 12.2. The average Bonchev–Trinajstić information content (AvgIpc) is 2.59. The quantitative estimate of drug-likeness (QED) is 0.869. The third kappa shape index (κ3) is 2.83. The monoisotopic (exact) mass is 275 g/mol. The molecule has 96 valence electrons. The molecule has 1 saturated heterocycles. The van der Waals surface area contributed by atoms with E-state index in [-0.39, 0.29) is 6.04 Å². The fourth-order valence-electron chi connectivity index (χ4n) is 2.03. The van der Waals surface area contributed by atoms with Gasteiger partial charge < -0.3 is 0 Å². The summed E-state index contributed by atoms with van der Waals surface area (Å²) in [7, 11) is -3.43. The zero-order valence-electron chi connectivity index (χ0n) is 9.99. The van der Waals surface area contributed by atoms with Gasteiger partial charge in [-0.25, -0.2) is 13.1 Å². The van der Waals surface area contributed by atoms with Gasteiger partial charge in [-0.3, -0.25) is 5.10 Å². The SMILES string of the molecule is Cc1n[nH]c(C)c1S(=O)(=O)NC1CCSCC1. The van der Waals surface area contributed by atoms with Crippen LogP contribution in [-0.2, 0) is 10.0 Å². The fourth-order valence-corrected chi connectivity index (χ4v) is 4.81. The molecule has 0 bridgehead atoms. The molecule has 2 N–H and O–H groups in total. The predicted octanol–water partition coefficient (Wildman–Crippen LogP) is 1.20. The van der Waals surface area contributed by atoms with Crippen molar-refractivity contribution in [3.63, 3.8) is 0 Å². The highest BCUT2D eigenvalue weighted by molar-refractivity contribution is 7.99. The van der Waals surface area contributed by atoms with Gasteiger partial charge in [-0.1, -0.05) is 0 Å². The van der Waals surface area contributed by atoms with Crippen molar-refractivity contribution in [1.82, 2.24) is 14.9 Å². The second-order valence-corrected chi connectivity index (χ2v) is 7.15. The molecule has 0 unspecified atom stereocenters. The maximum Gasteiger partial charge on any atom is 0.244 e. The summed E-state index contributed by atoms with van der Waals surface area (Å²) in [6.07, 6.45) is 1.81. The van der Waals surface area contributed by atoms with Crippen LogP contribution in [0.15, 0.2) is 4.90 Å². The third-order valence-electron chi connectivity index (χ3n) is 2.87. The lowest BCUT2D eigenvalue weighted by Gasteiger charge is -2.22. The van der Waals surface area contributed by atoms with E-state index >= 15 is 0 Å². The summed E-state index contributed by atoms with van der Waals surface area (Å²) in [4.78, 5) is 0.302. The summed E-state index contributed by atoms with van der Waals surface area (Å²) in [6.45, 7) is 3.43. The summed E-state index contributed by atoms with van der Waals surface area (Å²) in [5.74, 6) is 2.05. The van der Waals surface area contributed by atoms with Crippen LogP contribution in [-0.4, -0.2) is 36.2 Å². The van der Waals surface area contributed by atoms with E-state index in [4.69, 9.17) is 0 Å². The third-order valence-corrected chi connectivity index (χ3v) is 5.70. The molecular weight excluding hydrogens is 258 g/mol. The molecule has 0 aliphatic carbocycles. The van der Waals surface area contributed by atoms with E-state index in [1.54, 1.807) is 13.8 Å². The minimum atomic E-state index is -3.43. The van der Waals surface area contributed by atoms with Crippen molar-refractivity contribution in [1.29, 1.82) is 0 Å². The van der Waals surface area contributed by atoms with Gasteiger partial charge in [0.2, 0.25) is 10.0 Å². The fraction of sp³-hybridized carbons (Fsp3) is 0.700. The molecule has 1 fully saturated rings. The number of sulfonamides is 1. The van der Waals surface area contributed by atoms with Crippen LogP contribution >= 0.6 is 11.8 Å². The lowest BCUT2D eigenvalue weighted by Crippen LogP contribution is -2.37. The highest BCUT2D eigenvalue weighted by Crippen LogP contribution is 2.21. The number of H-pyrrole nitrogens is 1. The van der Waals surface area contributed by atoms with Gasteiger partial charge in [0.1, 0.15) is 4.90 Å². The number of nitrogens with zero attached hydrogens (tertiary/aromatic N) is 1. The van der Waals surface area contributed by atoms with Gasteiger partial charge in [0, 0.05) is 6.04 Å². The minimum absolute atomic E-state index is 0.0648. The van der Waals surface area contributed by atoms with Gasteiger partial charge in [0.05, 0.1) is 11.4 Å². The van der Waals surface area contributed by atoms with Crippen molar-refractivity contribution < 1.29 is 8.42 Å². The number of thioether (sulfide) groups is 1. The van der Waals surface area contributed by atoms with Crippen LogP contribution in [0.2, 0.25) is 0 Å². The minimum Gasteiger partial charge on any atom is -0.281 e. The number of hydrogen-bond acceptors (Lipinski definition) is 4. The van der Waals surface area contributed by atoms with E-state index in [0.29, 0.717) is 16.3 Å². The average molecular weight is 275 g/mol. The Labute approximate surface area is 106 Å². The van der Waals surface area contributed by atoms with E-state index < -0.39 is 10.0 Å². The van der Waals surface area contributed by atoms with Crippen molar-refractivity contribution in [2.45, 2.75) is 37.6 Å². The van der Waals surface area contributed by atoms with E-state index in [1.807, 2.05) is 11.8 Å². The Kier molecular flexibility index (Phi) is 3.79. The standard InChI is InChI=1S/C10H17N3O2S2/c1-7-10(8(2)12-11-7)17(14,15)13-9-3-5-16-6-4-9/h9,13H,3-6H2,1-2H3,(H,11,12). The lowest BCUT2D eigenvalue weighted by molar-refractivity contribution is 0.528. The number of aryl methyl sites for hydroxylation is 2. The second-order valence-electron chi connectivity index (χ2n) is 4.27. The van der Waals surface area contributed by atoms with Crippen LogP contribution in [0.5, 0.6) is 0 Å². The van der Waals surface area contributed by atoms with Crippen molar-refractivity contribution in [2.75, 3.05) is 11.5 Å². The van der Waals surface area contributed by atoms with Gasteiger partial charge in [-0.2, -0.15) is 16.9 Å². The highest BCUT2D eigenvalue weighted by Gasteiger charge is 2.26. The summed E-state index contributed by atoms with van der Waals surface area (Å²) in [5, 5.41) is 6.63. The summed E-state index contributed by atoms with van der Waals surface area (Å²) < 4.78 is 27.2. The first kappa shape index (κ1) is 12.9. The molecule has 0 aromatic carbocycles. The zero-order valence-corrected chi connectivity index (χ0v) is 11.6. The molecule has 7 heteroatoms. The van der Waals surface area contributed by atoms with Gasteiger partial charge >= 0.3 is 0 Å². The second kappa shape index (κ2) is 4.99. The number of aromatic nitrogens is 2. The Morgan fingerprint density at radius 2 is 2.00 bits per heavy atom. The molecule has 0 atom stereocenters. The first-order valence-electron chi connectivity index (χ1n) is 5.62. The largest absolute Gasteiger partial charge is 0.281 e. The van der Waals surface area contributed by atoms with Gasteiger partial charge in [-0.15, -0.1) is 0 Å². The predicted molar refractivity (Wildman–Crippen MR) is 68.7 cm³/mol. The summed E-state index contributed by atoms with van der Waals surface area (Å²) in [5.41, 5.74) is 1.13. The number of aromatic amines is 1. The van der Waals surface area contributed by atoms with Crippen molar-refractivity contribution >= 4 is 21.8 Å². The molecule has 1 aromatic rings. The van der Waals surface area contributed by atoms with Gasteiger partial charge in [0.25, 0.3) is 0 Å². The molecule has 0 amide bonds. The van der Waals surface area contributed by atoms with E-state index in [9.17, 15) is 8.42 Å². The molecule has 1 aromatic heterocycles. The van der Waals surface area contributed by atoms with Gasteiger partial charge in [-0.05, 0) is 38.2 Å². The van der Waals surface area contributed by atoms with Crippen molar-refractivity contribution in [3.8, 4) is 0 Å². The van der Waals surface area contributed by atoms with Crippen LogP contribution in [0.4, 0.5) is 0 Å². The molecule has 17 heavy (non-hydrogen) atoms. The molecule has 1 aliphatic heterocycles. The first-order valence-corrected chi connectivity index (χ1v) is 8.26. The highest BCUT2D eigenvalue weighted by atomic mass is 32.2. The number of nitrogens with one attached hydrogen (secondary N) is 2. The van der Waals surface area contributed by atoms with Crippen LogP contribution in [0.1, 0.15) is 24.2 Å². The number of rotatable bonds is 3. The zero-order chi connectivity index (χ0) is 12.5. The Hall–Kier alpha value is -0.530. The molecule has 0 radical (unpaired) electrons. The van der Waals surface area contributed by atoms with E-state index in [0.717, 1.165) is 24.3 Å². The van der Waals surface area contributed by atoms with Gasteiger partial charge in [0.15, 0.2) is 0 Å². The topological polar surface area (TPSA) is 74.8 Å². The molecule has 5 nitrogen and oxygen atoms in total. The summed E-state index contributed by atoms with van der Waals surface area (Å²) in [6, 6.07) is 0.0648. The van der Waals surface area contributed by atoms with E-state index in [2.05, 4.69) is 14.9 Å². The molecule has 2 rings (SSSR count). The van der Waals surface area contributed by atoms with Crippen LogP contribution in [0, 0.1) is 13.8 Å². The Bertz CT molecular complexity index is 470. The molecule has 0 saturated carbocycles.